The number of aliphatic hydroxyl groups is 1. The van der Waals surface area contributed by atoms with E-state index in [9.17, 15) is 5.11 Å². The third-order valence-corrected chi connectivity index (χ3v) is 7.46. The Bertz CT molecular complexity index is 1040. The number of likely N-dealkylation sites (tertiary alicyclic amines) is 1. The van der Waals surface area contributed by atoms with Gasteiger partial charge in [0.1, 0.15) is 12.4 Å². The van der Waals surface area contributed by atoms with Crippen molar-refractivity contribution in [3.8, 4) is 5.75 Å². The second-order valence-electron chi connectivity index (χ2n) is 9.73. The van der Waals surface area contributed by atoms with Crippen LogP contribution in [-0.4, -0.2) is 29.6 Å². The highest BCUT2D eigenvalue weighted by Crippen LogP contribution is 2.32. The van der Waals surface area contributed by atoms with Gasteiger partial charge in [-0.25, -0.2) is 0 Å². The lowest BCUT2D eigenvalue weighted by molar-refractivity contribution is -0.0255. The van der Waals surface area contributed by atoms with E-state index in [1.165, 1.54) is 47.9 Å². The Morgan fingerprint density at radius 3 is 2.21 bits per heavy atom. The molecule has 0 unspecified atom stereocenters. The zero-order valence-corrected chi connectivity index (χ0v) is 20.7. The van der Waals surface area contributed by atoms with Crippen LogP contribution in [0.1, 0.15) is 53.5 Å². The van der Waals surface area contributed by atoms with Crippen molar-refractivity contribution in [2.24, 2.45) is 0 Å². The minimum atomic E-state index is -0.669. The molecule has 0 amide bonds. The minimum Gasteiger partial charge on any atom is -0.489 e. The molecular weight excluding hydrogens is 442 g/mol. The standard InChI is InChI=1S/C30H35NO2.ClH/c32-30(28-8-2-1-3-9-28)17-20-31(21-18-30)19-16-24-10-12-25(13-11-24)23-33-29-15-14-26-6-4-5-7-27(26)22-29;/h1-3,8-15,22,32H,4-7,16-21,23H2;1H. The van der Waals surface area contributed by atoms with E-state index in [0.717, 1.165) is 50.2 Å². The summed E-state index contributed by atoms with van der Waals surface area (Å²) in [7, 11) is 0. The fourth-order valence-corrected chi connectivity index (χ4v) is 5.24. The number of rotatable bonds is 7. The van der Waals surface area contributed by atoms with Crippen molar-refractivity contribution in [2.75, 3.05) is 19.6 Å². The van der Waals surface area contributed by atoms with E-state index in [1.807, 2.05) is 30.3 Å². The van der Waals surface area contributed by atoms with Crippen LogP contribution in [0.3, 0.4) is 0 Å². The second-order valence-corrected chi connectivity index (χ2v) is 9.73. The Balaban J connectivity index is 0.00000274. The highest BCUT2D eigenvalue weighted by molar-refractivity contribution is 5.85. The molecule has 0 saturated carbocycles. The van der Waals surface area contributed by atoms with E-state index in [4.69, 9.17) is 4.74 Å². The maximum absolute atomic E-state index is 11.0. The average molecular weight is 478 g/mol. The van der Waals surface area contributed by atoms with Crippen molar-refractivity contribution in [1.29, 1.82) is 0 Å². The molecule has 1 aliphatic carbocycles. The van der Waals surface area contributed by atoms with E-state index in [-0.39, 0.29) is 12.4 Å². The van der Waals surface area contributed by atoms with E-state index in [0.29, 0.717) is 6.61 Å². The molecule has 3 aromatic carbocycles. The average Bonchev–Trinajstić information content (AvgIpc) is 2.88. The van der Waals surface area contributed by atoms with Crippen molar-refractivity contribution < 1.29 is 9.84 Å². The minimum absolute atomic E-state index is 0. The molecule has 0 bridgehead atoms. The highest BCUT2D eigenvalue weighted by atomic mass is 35.5. The molecule has 4 heteroatoms. The quantitative estimate of drug-likeness (QED) is 0.446. The Labute approximate surface area is 210 Å². The van der Waals surface area contributed by atoms with Crippen LogP contribution in [0, 0.1) is 0 Å². The summed E-state index contributed by atoms with van der Waals surface area (Å²) in [5, 5.41) is 11.0. The van der Waals surface area contributed by atoms with E-state index >= 15 is 0 Å². The third kappa shape index (κ3) is 6.02. The van der Waals surface area contributed by atoms with Crippen molar-refractivity contribution in [3.05, 3.63) is 101 Å². The van der Waals surface area contributed by atoms with Crippen LogP contribution in [0.2, 0.25) is 0 Å². The van der Waals surface area contributed by atoms with Gasteiger partial charge < -0.3 is 14.7 Å². The Kier molecular flexibility index (Phi) is 8.31. The maximum Gasteiger partial charge on any atom is 0.120 e. The van der Waals surface area contributed by atoms with E-state index in [1.54, 1.807) is 0 Å². The number of ether oxygens (including phenoxy) is 1. The summed E-state index contributed by atoms with van der Waals surface area (Å²) < 4.78 is 6.08. The molecule has 1 N–H and O–H groups in total. The van der Waals surface area contributed by atoms with Crippen molar-refractivity contribution in [2.45, 2.75) is 57.2 Å². The molecule has 0 atom stereocenters. The zero-order valence-electron chi connectivity index (χ0n) is 19.9. The molecule has 1 aliphatic heterocycles. The van der Waals surface area contributed by atoms with Gasteiger partial charge in [-0.2, -0.15) is 0 Å². The summed E-state index contributed by atoms with van der Waals surface area (Å²) >= 11 is 0. The maximum atomic E-state index is 11.0. The van der Waals surface area contributed by atoms with Gasteiger partial charge in [0.15, 0.2) is 0 Å². The Morgan fingerprint density at radius 1 is 0.794 bits per heavy atom. The number of halogens is 1. The lowest BCUT2D eigenvalue weighted by Crippen LogP contribution is -2.43. The number of fused-ring (bicyclic) bond motifs is 1. The molecule has 0 radical (unpaired) electrons. The van der Waals surface area contributed by atoms with Crippen molar-refractivity contribution in [1.82, 2.24) is 4.90 Å². The molecular formula is C30H36ClNO2. The van der Waals surface area contributed by atoms with Gasteiger partial charge in [0.05, 0.1) is 5.60 Å². The number of hydrogen-bond donors (Lipinski definition) is 1. The van der Waals surface area contributed by atoms with Crippen LogP contribution < -0.4 is 4.74 Å². The molecule has 1 fully saturated rings. The third-order valence-electron chi connectivity index (χ3n) is 7.46. The Morgan fingerprint density at radius 2 is 1.47 bits per heavy atom. The molecule has 0 spiro atoms. The smallest absolute Gasteiger partial charge is 0.120 e. The highest BCUT2D eigenvalue weighted by Gasteiger charge is 2.33. The van der Waals surface area contributed by atoms with Crippen LogP contribution in [0.4, 0.5) is 0 Å². The molecule has 180 valence electrons. The largest absolute Gasteiger partial charge is 0.489 e. The van der Waals surface area contributed by atoms with Crippen molar-refractivity contribution in [3.63, 3.8) is 0 Å². The molecule has 2 aliphatic rings. The van der Waals surface area contributed by atoms with Gasteiger partial charge in [0, 0.05) is 19.6 Å². The van der Waals surface area contributed by atoms with Gasteiger partial charge in [-0.1, -0.05) is 60.7 Å². The molecule has 0 aromatic heterocycles. The van der Waals surface area contributed by atoms with Gasteiger partial charge in [-0.3, -0.25) is 0 Å². The fourth-order valence-electron chi connectivity index (χ4n) is 5.24. The second kappa shape index (κ2) is 11.4. The van der Waals surface area contributed by atoms with E-state index < -0.39 is 5.60 Å². The van der Waals surface area contributed by atoms with Crippen LogP contribution in [0.15, 0.2) is 72.8 Å². The topological polar surface area (TPSA) is 32.7 Å². The summed E-state index contributed by atoms with van der Waals surface area (Å²) in [6.45, 7) is 3.54. The normalized spacial score (nSPS) is 17.4. The van der Waals surface area contributed by atoms with Gasteiger partial charge in [-0.05, 0) is 84.9 Å². The summed E-state index contributed by atoms with van der Waals surface area (Å²) in [5.74, 6) is 0.986. The number of benzene rings is 3. The lowest BCUT2D eigenvalue weighted by Gasteiger charge is -2.38. The summed E-state index contributed by atoms with van der Waals surface area (Å²) in [6.07, 6.45) is 7.64. The molecule has 1 saturated heterocycles. The summed E-state index contributed by atoms with van der Waals surface area (Å²) in [4.78, 5) is 2.48. The molecule has 34 heavy (non-hydrogen) atoms. The first-order valence-corrected chi connectivity index (χ1v) is 12.5. The van der Waals surface area contributed by atoms with Crippen LogP contribution in [-0.2, 0) is 31.5 Å². The van der Waals surface area contributed by atoms with Crippen LogP contribution >= 0.6 is 12.4 Å². The first-order chi connectivity index (χ1) is 16.2. The van der Waals surface area contributed by atoms with Gasteiger partial charge in [0.25, 0.3) is 0 Å². The monoisotopic (exact) mass is 477 g/mol. The molecule has 3 nitrogen and oxygen atoms in total. The number of nitrogens with zero attached hydrogens (tertiary/aromatic N) is 1. The number of piperidine rings is 1. The number of aryl methyl sites for hydroxylation is 2. The SMILES string of the molecule is Cl.OC1(c2ccccc2)CCN(CCc2ccc(COc3ccc4c(c3)CCCC4)cc2)CC1. The summed E-state index contributed by atoms with van der Waals surface area (Å²) in [6, 6.07) is 25.6. The zero-order chi connectivity index (χ0) is 22.5. The predicted octanol–water partition coefficient (Wildman–Crippen LogP) is 6.09. The van der Waals surface area contributed by atoms with E-state index in [2.05, 4.69) is 47.4 Å². The molecule has 3 aromatic rings. The Hall–Kier alpha value is -2.33. The fraction of sp³-hybridized carbons (Fsp3) is 0.400. The van der Waals surface area contributed by atoms with Crippen LogP contribution in [0.25, 0.3) is 0 Å². The van der Waals surface area contributed by atoms with Crippen molar-refractivity contribution >= 4 is 12.4 Å². The van der Waals surface area contributed by atoms with Gasteiger partial charge in [0.2, 0.25) is 0 Å². The predicted molar refractivity (Wildman–Crippen MR) is 141 cm³/mol. The molecule has 1 heterocycles. The first-order valence-electron chi connectivity index (χ1n) is 12.5. The first kappa shape index (κ1) is 24.8. The van der Waals surface area contributed by atoms with Crippen LogP contribution in [0.5, 0.6) is 5.75 Å². The molecule has 5 rings (SSSR count). The summed E-state index contributed by atoms with van der Waals surface area (Å²) in [5.41, 5.74) is 5.92. The van der Waals surface area contributed by atoms with Gasteiger partial charge >= 0.3 is 0 Å². The lowest BCUT2D eigenvalue weighted by atomic mass is 9.84. The van der Waals surface area contributed by atoms with Gasteiger partial charge in [-0.15, -0.1) is 12.4 Å². The number of hydrogen-bond acceptors (Lipinski definition) is 3.